The Morgan fingerprint density at radius 3 is 2.92 bits per heavy atom. The number of nitriles is 1. The van der Waals surface area contributed by atoms with Gasteiger partial charge in [-0.05, 0) is 6.07 Å². The van der Waals surface area contributed by atoms with Crippen molar-refractivity contribution in [2.75, 3.05) is 32.5 Å². The molecule has 0 bridgehead atoms. The number of nitrogen functional groups attached to an aromatic ring is 1. The third kappa shape index (κ3) is 4.95. The van der Waals surface area contributed by atoms with Crippen LogP contribution in [0.25, 0.3) is 0 Å². The van der Waals surface area contributed by atoms with E-state index in [1.165, 1.54) is 12.3 Å². The molecular weight excluding hydrogens is 336 g/mol. The van der Waals surface area contributed by atoms with Crippen LogP contribution < -0.4 is 11.4 Å². The van der Waals surface area contributed by atoms with Gasteiger partial charge in [0.1, 0.15) is 37.7 Å². The van der Waals surface area contributed by atoms with Gasteiger partial charge in [-0.2, -0.15) is 10.2 Å². The molecule has 0 spiro atoms. The lowest BCUT2D eigenvalue weighted by molar-refractivity contribution is -0.175. The van der Waals surface area contributed by atoms with Crippen molar-refractivity contribution in [1.29, 1.82) is 5.26 Å². The van der Waals surface area contributed by atoms with E-state index in [9.17, 15) is 15.0 Å². The topological polar surface area (TPSA) is 162 Å². The van der Waals surface area contributed by atoms with E-state index in [0.717, 1.165) is 4.57 Å². The second-order valence-corrected chi connectivity index (χ2v) is 5.17. The maximum Gasteiger partial charge on any atom is 0.351 e. The monoisotopic (exact) mass is 356 g/mol. The van der Waals surface area contributed by atoms with Gasteiger partial charge in [0.15, 0.2) is 6.23 Å². The number of nitrogens with two attached hydrogens (primary N) is 1. The standard InChI is InChI=1S/C14H20N4O7/c15-3-1-5-22-7-23-8-24-12-11(20)9(6-19)25-13(12)18-4-2-10(16)17-14(18)21/h2,4,9,11-13,19-20H,1,5-8H2,(H2,16,17,21)/t9-,11+,12?,13-/m1/s1. The molecule has 11 heteroatoms. The molecule has 0 amide bonds. The summed E-state index contributed by atoms with van der Waals surface area (Å²) in [6, 6.07) is 3.32. The van der Waals surface area contributed by atoms with Gasteiger partial charge in [0.05, 0.1) is 25.7 Å². The summed E-state index contributed by atoms with van der Waals surface area (Å²) in [6.07, 6.45) is -2.47. The molecule has 0 aromatic carbocycles. The summed E-state index contributed by atoms with van der Waals surface area (Å²) in [5, 5.41) is 27.9. The number of ether oxygens (including phenoxy) is 4. The third-order valence-electron chi connectivity index (χ3n) is 3.49. The van der Waals surface area contributed by atoms with E-state index < -0.39 is 36.8 Å². The van der Waals surface area contributed by atoms with Crippen LogP contribution in [0.5, 0.6) is 0 Å². The highest BCUT2D eigenvalue weighted by molar-refractivity contribution is 5.23. The second kappa shape index (κ2) is 9.42. The lowest BCUT2D eigenvalue weighted by atomic mass is 10.1. The first-order valence-electron chi connectivity index (χ1n) is 7.51. The summed E-state index contributed by atoms with van der Waals surface area (Å²) in [5.74, 6) is 0.0498. The molecule has 1 fully saturated rings. The zero-order valence-electron chi connectivity index (χ0n) is 13.4. The van der Waals surface area contributed by atoms with Crippen LogP contribution in [-0.4, -0.2) is 64.9 Å². The summed E-state index contributed by atoms with van der Waals surface area (Å²) in [5.41, 5.74) is 4.77. The average Bonchev–Trinajstić information content (AvgIpc) is 2.90. The van der Waals surface area contributed by atoms with Crippen molar-refractivity contribution >= 4 is 5.82 Å². The molecule has 1 saturated heterocycles. The Balaban J connectivity index is 1.97. The minimum atomic E-state index is -1.18. The molecule has 4 N–H and O–H groups in total. The number of aliphatic hydroxyl groups is 2. The van der Waals surface area contributed by atoms with Crippen LogP contribution in [0.2, 0.25) is 0 Å². The van der Waals surface area contributed by atoms with Gasteiger partial charge in [0, 0.05) is 6.20 Å². The largest absolute Gasteiger partial charge is 0.394 e. The summed E-state index contributed by atoms with van der Waals surface area (Å²) < 4.78 is 22.1. The number of aliphatic hydroxyl groups excluding tert-OH is 2. The Labute approximate surface area is 143 Å². The fraction of sp³-hybridized carbons (Fsp3) is 0.643. The minimum absolute atomic E-state index is 0.0498. The van der Waals surface area contributed by atoms with Crippen LogP contribution in [0, 0.1) is 11.3 Å². The van der Waals surface area contributed by atoms with Crippen molar-refractivity contribution < 1.29 is 29.2 Å². The Bertz CT molecular complexity index is 647. The van der Waals surface area contributed by atoms with Gasteiger partial charge in [0.2, 0.25) is 0 Å². The number of aromatic nitrogens is 2. The lowest BCUT2D eigenvalue weighted by Gasteiger charge is -2.22. The summed E-state index contributed by atoms with van der Waals surface area (Å²) in [7, 11) is 0. The van der Waals surface area contributed by atoms with E-state index in [2.05, 4.69) is 4.98 Å². The highest BCUT2D eigenvalue weighted by Crippen LogP contribution is 2.30. The molecule has 0 aliphatic carbocycles. The molecule has 1 aliphatic rings. The van der Waals surface area contributed by atoms with Gasteiger partial charge in [0.25, 0.3) is 0 Å². The molecule has 2 rings (SSSR count). The van der Waals surface area contributed by atoms with Crippen molar-refractivity contribution in [2.24, 2.45) is 0 Å². The first-order valence-corrected chi connectivity index (χ1v) is 7.51. The Hall–Kier alpha value is -2.07. The molecule has 1 aromatic heterocycles. The van der Waals surface area contributed by atoms with E-state index in [1.54, 1.807) is 0 Å². The Morgan fingerprint density at radius 1 is 1.44 bits per heavy atom. The molecule has 11 nitrogen and oxygen atoms in total. The molecule has 2 heterocycles. The SMILES string of the molecule is N#CCCOCOCOC1[C@@H](O)[C@@H](CO)O[C@H]1n1ccc(N)nc1=O. The van der Waals surface area contributed by atoms with Crippen LogP contribution in [0.4, 0.5) is 5.82 Å². The Kier molecular flexibility index (Phi) is 7.26. The molecule has 4 atom stereocenters. The summed E-state index contributed by atoms with van der Waals surface area (Å²) >= 11 is 0. The van der Waals surface area contributed by atoms with Crippen molar-refractivity contribution in [1.82, 2.24) is 9.55 Å². The van der Waals surface area contributed by atoms with Gasteiger partial charge in [-0.3, -0.25) is 4.57 Å². The zero-order chi connectivity index (χ0) is 18.2. The van der Waals surface area contributed by atoms with Crippen molar-refractivity contribution in [3.05, 3.63) is 22.7 Å². The van der Waals surface area contributed by atoms with Gasteiger partial charge in [-0.1, -0.05) is 0 Å². The fourth-order valence-corrected chi connectivity index (χ4v) is 2.29. The second-order valence-electron chi connectivity index (χ2n) is 5.17. The maximum absolute atomic E-state index is 12.0. The highest BCUT2D eigenvalue weighted by atomic mass is 16.7. The van der Waals surface area contributed by atoms with E-state index in [1.807, 2.05) is 6.07 Å². The lowest BCUT2D eigenvalue weighted by Crippen LogP contribution is -2.38. The van der Waals surface area contributed by atoms with Crippen molar-refractivity contribution in [3.63, 3.8) is 0 Å². The summed E-state index contributed by atoms with van der Waals surface area (Å²) in [4.78, 5) is 15.6. The number of hydrogen-bond donors (Lipinski definition) is 3. The van der Waals surface area contributed by atoms with E-state index in [4.69, 9.17) is 29.9 Å². The number of anilines is 1. The van der Waals surface area contributed by atoms with Gasteiger partial charge < -0.3 is 34.9 Å². The quantitative estimate of drug-likeness (QED) is 0.344. The number of nitrogens with zero attached hydrogens (tertiary/aromatic N) is 3. The smallest absolute Gasteiger partial charge is 0.351 e. The number of hydrogen-bond acceptors (Lipinski definition) is 10. The predicted molar refractivity (Wildman–Crippen MR) is 81.8 cm³/mol. The van der Waals surface area contributed by atoms with Crippen LogP contribution in [0.15, 0.2) is 17.1 Å². The van der Waals surface area contributed by atoms with Crippen molar-refractivity contribution in [2.45, 2.75) is 31.0 Å². The van der Waals surface area contributed by atoms with Gasteiger partial charge in [-0.15, -0.1) is 0 Å². The fourth-order valence-electron chi connectivity index (χ4n) is 2.29. The van der Waals surface area contributed by atoms with Gasteiger partial charge >= 0.3 is 5.69 Å². The maximum atomic E-state index is 12.0. The molecule has 0 radical (unpaired) electrons. The van der Waals surface area contributed by atoms with Crippen LogP contribution in [0.3, 0.4) is 0 Å². The Morgan fingerprint density at radius 2 is 2.24 bits per heavy atom. The molecule has 1 aromatic rings. The highest BCUT2D eigenvalue weighted by Gasteiger charge is 2.45. The molecule has 25 heavy (non-hydrogen) atoms. The molecular formula is C14H20N4O7. The molecule has 1 aliphatic heterocycles. The molecule has 0 saturated carbocycles. The van der Waals surface area contributed by atoms with Crippen LogP contribution in [-0.2, 0) is 18.9 Å². The first kappa shape index (κ1) is 19.3. The number of rotatable bonds is 9. The van der Waals surface area contributed by atoms with E-state index >= 15 is 0 Å². The third-order valence-corrected chi connectivity index (χ3v) is 3.49. The average molecular weight is 356 g/mol. The first-order chi connectivity index (χ1) is 12.1. The predicted octanol–water partition coefficient (Wildman–Crippen LogP) is -1.68. The van der Waals surface area contributed by atoms with Crippen LogP contribution >= 0.6 is 0 Å². The molecule has 1 unspecified atom stereocenters. The van der Waals surface area contributed by atoms with E-state index in [0.29, 0.717) is 0 Å². The van der Waals surface area contributed by atoms with E-state index in [-0.39, 0.29) is 32.4 Å². The summed E-state index contributed by atoms with van der Waals surface area (Å²) in [6.45, 7) is -0.563. The molecule has 138 valence electrons. The van der Waals surface area contributed by atoms with Crippen LogP contribution in [0.1, 0.15) is 12.6 Å². The normalized spacial score (nSPS) is 25.8. The van der Waals surface area contributed by atoms with Crippen molar-refractivity contribution in [3.8, 4) is 6.07 Å². The van der Waals surface area contributed by atoms with Gasteiger partial charge in [-0.25, -0.2) is 4.79 Å². The zero-order valence-corrected chi connectivity index (χ0v) is 13.4. The minimum Gasteiger partial charge on any atom is -0.394 e.